The van der Waals surface area contributed by atoms with Crippen molar-refractivity contribution < 1.29 is 0 Å². The molecule has 0 N–H and O–H groups in total. The summed E-state index contributed by atoms with van der Waals surface area (Å²) in [6.45, 7) is 0. The van der Waals surface area contributed by atoms with Crippen LogP contribution in [0.4, 0.5) is 0 Å². The van der Waals surface area contributed by atoms with Crippen LogP contribution in [0.5, 0.6) is 0 Å². The standard InChI is InChI=1S/C64H38N4/c1-2-17-39(18-3-1)61-65-62(67-63(66-61)68-58-31-14-10-27-50(58)51-28-11-15-32-59(51)68)41-20-16-19-40(35-41)43-33-34-64(56-29-12-8-25-48(56)49-26-9-13-30-57(49)64)60-52-38-54-47-24-7-5-22-45(47)44-21-4-6-23-46(44)53(54)36-42(52)37-55(43)60/h1-38H. The van der Waals surface area contributed by atoms with Crippen molar-refractivity contribution >= 4 is 71.3 Å². The second kappa shape index (κ2) is 14.0. The molecule has 4 heteroatoms. The summed E-state index contributed by atoms with van der Waals surface area (Å²) in [5, 5.41) is 12.5. The van der Waals surface area contributed by atoms with Crippen molar-refractivity contribution in [3.63, 3.8) is 0 Å². The molecule has 0 fully saturated rings. The first-order valence-electron chi connectivity index (χ1n) is 23.4. The SMILES string of the molecule is C1=CC2(C3=c4cc5c6ccccc6c6ccccc6c5cc4=CC3=C1c1cccc(-c3nc(-c4ccccc4)nc(-n4c5ccccc5c5ccccc54)n3)c1)c1ccccc1-c1ccccc12. The van der Waals surface area contributed by atoms with Gasteiger partial charge in [-0.2, -0.15) is 9.97 Å². The highest BCUT2D eigenvalue weighted by Crippen LogP contribution is 2.58. The van der Waals surface area contributed by atoms with Crippen molar-refractivity contribution in [2.24, 2.45) is 0 Å². The van der Waals surface area contributed by atoms with Gasteiger partial charge in [-0.1, -0.05) is 194 Å². The van der Waals surface area contributed by atoms with Crippen LogP contribution in [0.25, 0.3) is 111 Å². The van der Waals surface area contributed by atoms with Crippen LogP contribution < -0.4 is 10.4 Å². The van der Waals surface area contributed by atoms with Gasteiger partial charge in [0.2, 0.25) is 5.95 Å². The number of hydrogen-bond acceptors (Lipinski definition) is 3. The zero-order valence-electron chi connectivity index (χ0n) is 36.7. The molecule has 0 saturated carbocycles. The highest BCUT2D eigenvalue weighted by atomic mass is 15.2. The maximum atomic E-state index is 5.34. The molecule has 2 heterocycles. The molecule has 3 aliphatic rings. The van der Waals surface area contributed by atoms with E-state index in [2.05, 4.69) is 217 Å². The average molecular weight is 863 g/mol. The number of benzene rings is 10. The number of para-hydroxylation sites is 2. The number of hydrogen-bond donors (Lipinski definition) is 0. The van der Waals surface area contributed by atoms with Gasteiger partial charge in [0.15, 0.2) is 11.6 Å². The lowest BCUT2D eigenvalue weighted by atomic mass is 9.66. The lowest BCUT2D eigenvalue weighted by Crippen LogP contribution is -2.34. The molecule has 0 atom stereocenters. The van der Waals surface area contributed by atoms with Crippen molar-refractivity contribution in [2.45, 2.75) is 5.41 Å². The Morgan fingerprint density at radius 3 is 1.51 bits per heavy atom. The van der Waals surface area contributed by atoms with Gasteiger partial charge in [0.25, 0.3) is 0 Å². The maximum absolute atomic E-state index is 5.34. The molecular formula is C64H38N4. The molecular weight excluding hydrogens is 825 g/mol. The van der Waals surface area contributed by atoms with Crippen LogP contribution in [-0.2, 0) is 5.41 Å². The van der Waals surface area contributed by atoms with Crippen LogP contribution in [0.2, 0.25) is 0 Å². The second-order valence-electron chi connectivity index (χ2n) is 18.3. The Morgan fingerprint density at radius 2 is 0.868 bits per heavy atom. The summed E-state index contributed by atoms with van der Waals surface area (Å²) in [5.74, 6) is 1.82. The third-order valence-corrected chi connectivity index (χ3v) is 14.8. The molecule has 0 bridgehead atoms. The van der Waals surface area contributed by atoms with Crippen LogP contribution in [0.1, 0.15) is 16.7 Å². The first-order valence-corrected chi connectivity index (χ1v) is 23.4. The molecule has 15 rings (SSSR count). The molecule has 1 spiro atoms. The minimum Gasteiger partial charge on any atom is -0.278 e. The number of allylic oxidation sites excluding steroid dienone is 4. The lowest BCUT2D eigenvalue weighted by molar-refractivity contribution is 0.861. The summed E-state index contributed by atoms with van der Waals surface area (Å²) in [6, 6.07) is 76.8. The van der Waals surface area contributed by atoms with E-state index in [9.17, 15) is 0 Å². The second-order valence-corrected chi connectivity index (χ2v) is 18.3. The first-order chi connectivity index (χ1) is 33.7. The van der Waals surface area contributed by atoms with E-state index < -0.39 is 5.41 Å². The van der Waals surface area contributed by atoms with Crippen LogP contribution in [0.15, 0.2) is 230 Å². The molecule has 0 radical (unpaired) electrons. The summed E-state index contributed by atoms with van der Waals surface area (Å²) in [5.41, 5.74) is 13.5. The van der Waals surface area contributed by atoms with Gasteiger partial charge in [0, 0.05) is 21.9 Å². The summed E-state index contributed by atoms with van der Waals surface area (Å²) in [4.78, 5) is 15.8. The number of rotatable bonds is 4. The highest BCUT2D eigenvalue weighted by molar-refractivity contribution is 6.25. The van der Waals surface area contributed by atoms with Gasteiger partial charge in [-0.3, -0.25) is 4.57 Å². The van der Waals surface area contributed by atoms with Crippen molar-refractivity contribution in [3.05, 3.63) is 257 Å². The molecule has 0 aliphatic heterocycles. The highest BCUT2D eigenvalue weighted by Gasteiger charge is 2.48. The summed E-state index contributed by atoms with van der Waals surface area (Å²) in [6.07, 6.45) is 7.33. The quantitative estimate of drug-likeness (QED) is 0.166. The minimum absolute atomic E-state index is 0.498. The van der Waals surface area contributed by atoms with Gasteiger partial charge in [-0.25, -0.2) is 4.98 Å². The Bertz CT molecular complexity index is 4280. The number of aromatic nitrogens is 4. The zero-order valence-corrected chi connectivity index (χ0v) is 36.7. The van der Waals surface area contributed by atoms with Gasteiger partial charge < -0.3 is 0 Å². The van der Waals surface area contributed by atoms with Gasteiger partial charge in [0.1, 0.15) is 0 Å². The predicted molar refractivity (Wildman–Crippen MR) is 280 cm³/mol. The Balaban J connectivity index is 0.995. The van der Waals surface area contributed by atoms with Gasteiger partial charge in [0.05, 0.1) is 16.4 Å². The average Bonchev–Trinajstić information content (AvgIpc) is 4.05. The van der Waals surface area contributed by atoms with E-state index in [0.717, 1.165) is 38.5 Å². The summed E-state index contributed by atoms with van der Waals surface area (Å²) < 4.78 is 2.18. The van der Waals surface area contributed by atoms with Crippen LogP contribution in [0.3, 0.4) is 0 Å². The van der Waals surface area contributed by atoms with Gasteiger partial charge >= 0.3 is 0 Å². The number of fused-ring (bicyclic) bond motifs is 17. The Morgan fingerprint density at radius 1 is 0.368 bits per heavy atom. The van der Waals surface area contributed by atoms with E-state index in [4.69, 9.17) is 15.0 Å². The van der Waals surface area contributed by atoms with Crippen LogP contribution in [-0.4, -0.2) is 19.5 Å². The lowest BCUT2D eigenvalue weighted by Gasteiger charge is -2.35. The Kier molecular flexibility index (Phi) is 7.67. The van der Waals surface area contributed by atoms with Crippen molar-refractivity contribution in [1.29, 1.82) is 0 Å². The molecule has 314 valence electrons. The maximum Gasteiger partial charge on any atom is 0.238 e. The fourth-order valence-electron chi connectivity index (χ4n) is 11.9. The zero-order chi connectivity index (χ0) is 44.5. The fourth-order valence-corrected chi connectivity index (χ4v) is 11.9. The monoisotopic (exact) mass is 862 g/mol. The fraction of sp³-hybridized carbons (Fsp3) is 0.0156. The van der Waals surface area contributed by atoms with Crippen molar-refractivity contribution in [3.8, 4) is 39.9 Å². The molecule has 68 heavy (non-hydrogen) atoms. The van der Waals surface area contributed by atoms with E-state index in [0.29, 0.717) is 17.6 Å². The van der Waals surface area contributed by atoms with Crippen molar-refractivity contribution in [1.82, 2.24) is 19.5 Å². The van der Waals surface area contributed by atoms with E-state index in [1.54, 1.807) is 0 Å². The summed E-state index contributed by atoms with van der Waals surface area (Å²) >= 11 is 0. The normalized spacial score (nSPS) is 14.3. The molecule has 0 unspecified atom stereocenters. The topological polar surface area (TPSA) is 43.6 Å². The van der Waals surface area contributed by atoms with E-state index in [1.807, 2.05) is 18.2 Å². The smallest absolute Gasteiger partial charge is 0.238 e. The summed E-state index contributed by atoms with van der Waals surface area (Å²) in [7, 11) is 0. The Labute approximate surface area is 391 Å². The third-order valence-electron chi connectivity index (χ3n) is 14.8. The molecule has 3 aliphatic carbocycles. The minimum atomic E-state index is -0.498. The molecule has 4 nitrogen and oxygen atoms in total. The molecule has 0 saturated heterocycles. The first kappa shape index (κ1) is 37.3. The van der Waals surface area contributed by atoms with Gasteiger partial charge in [-0.15, -0.1) is 0 Å². The van der Waals surface area contributed by atoms with E-state index in [1.165, 1.54) is 81.7 Å². The Hall–Kier alpha value is -8.99. The molecule has 10 aromatic carbocycles. The van der Waals surface area contributed by atoms with Gasteiger partial charge in [-0.05, 0) is 124 Å². The molecule has 0 amide bonds. The van der Waals surface area contributed by atoms with Crippen LogP contribution >= 0.6 is 0 Å². The molecule has 2 aromatic heterocycles. The van der Waals surface area contributed by atoms with Crippen molar-refractivity contribution in [2.75, 3.05) is 0 Å². The third kappa shape index (κ3) is 5.11. The number of nitrogens with zero attached hydrogens (tertiary/aromatic N) is 4. The molecule has 12 aromatic rings. The largest absolute Gasteiger partial charge is 0.278 e. The predicted octanol–water partition coefficient (Wildman–Crippen LogP) is 13.7. The van der Waals surface area contributed by atoms with E-state index in [-0.39, 0.29) is 0 Å². The van der Waals surface area contributed by atoms with Crippen LogP contribution in [0, 0.1) is 0 Å². The van der Waals surface area contributed by atoms with E-state index >= 15 is 0 Å².